The predicted octanol–water partition coefficient (Wildman–Crippen LogP) is 3.94. The van der Waals surface area contributed by atoms with Crippen LogP contribution < -0.4 is 5.32 Å². The van der Waals surface area contributed by atoms with E-state index < -0.39 is 23.4 Å². The number of benzene rings is 2. The maximum Gasteiger partial charge on any atom is 0.446 e. The van der Waals surface area contributed by atoms with Crippen LogP contribution in [0.3, 0.4) is 0 Å². The van der Waals surface area contributed by atoms with Gasteiger partial charge in [0.2, 0.25) is 0 Å². The van der Waals surface area contributed by atoms with Crippen LogP contribution in [-0.4, -0.2) is 24.5 Å². The monoisotopic (exact) mass is 369 g/mol. The second-order valence-electron chi connectivity index (χ2n) is 4.91. The molecule has 0 fully saturated rings. The molecule has 2 aromatic rings. The van der Waals surface area contributed by atoms with Crippen molar-refractivity contribution in [2.75, 3.05) is 7.11 Å². The summed E-state index contributed by atoms with van der Waals surface area (Å²) in [6.07, 6.45) is 0. The number of nitrogens with one attached hydrogen (secondary N) is 1. The van der Waals surface area contributed by atoms with Crippen LogP contribution >= 0.6 is 11.8 Å². The highest BCUT2D eigenvalue weighted by molar-refractivity contribution is 8.00. The highest BCUT2D eigenvalue weighted by Crippen LogP contribution is 2.36. The number of carbonyl (C=O) groups excluding carboxylic acids is 2. The van der Waals surface area contributed by atoms with Crippen molar-refractivity contribution < 1.29 is 27.5 Å². The number of ether oxygens (including phenoxy) is 1. The van der Waals surface area contributed by atoms with E-state index in [0.717, 1.165) is 0 Å². The molecule has 2 aromatic carbocycles. The number of carbonyl (C=O) groups is 2. The van der Waals surface area contributed by atoms with Gasteiger partial charge < -0.3 is 10.1 Å². The van der Waals surface area contributed by atoms with Crippen molar-refractivity contribution in [3.63, 3.8) is 0 Å². The van der Waals surface area contributed by atoms with E-state index in [1.807, 2.05) is 0 Å². The van der Waals surface area contributed by atoms with Crippen LogP contribution in [-0.2, 0) is 9.53 Å². The summed E-state index contributed by atoms with van der Waals surface area (Å²) >= 11 is -0.265. The highest BCUT2D eigenvalue weighted by atomic mass is 32.2. The number of hydrogen-bond acceptors (Lipinski definition) is 4. The average molecular weight is 369 g/mol. The van der Waals surface area contributed by atoms with Gasteiger partial charge in [0.1, 0.15) is 0 Å². The SMILES string of the molecule is COC(=O)C(NC(=O)c1ccc(SC(F)(F)F)cc1)c1ccccc1. The number of esters is 1. The molecular weight excluding hydrogens is 355 g/mol. The highest BCUT2D eigenvalue weighted by Gasteiger charge is 2.29. The zero-order chi connectivity index (χ0) is 18.4. The smallest absolute Gasteiger partial charge is 0.446 e. The van der Waals surface area contributed by atoms with Crippen molar-refractivity contribution in [2.24, 2.45) is 0 Å². The number of hydrogen-bond donors (Lipinski definition) is 1. The molecule has 4 nitrogen and oxygen atoms in total. The lowest BCUT2D eigenvalue weighted by molar-refractivity contribution is -0.143. The number of halogens is 3. The summed E-state index contributed by atoms with van der Waals surface area (Å²) in [7, 11) is 1.20. The molecule has 0 heterocycles. The summed E-state index contributed by atoms with van der Waals surface area (Å²) in [6.45, 7) is 0. The van der Waals surface area contributed by atoms with Crippen molar-refractivity contribution in [3.05, 3.63) is 65.7 Å². The molecule has 0 aromatic heterocycles. The molecule has 1 unspecified atom stereocenters. The summed E-state index contributed by atoms with van der Waals surface area (Å²) < 4.78 is 41.7. The second kappa shape index (κ2) is 8.06. The lowest BCUT2D eigenvalue weighted by atomic mass is 10.1. The van der Waals surface area contributed by atoms with Crippen LogP contribution in [0.15, 0.2) is 59.5 Å². The molecule has 0 aliphatic carbocycles. The molecule has 0 bridgehead atoms. The normalized spacial score (nSPS) is 12.3. The Hall–Kier alpha value is -2.48. The minimum atomic E-state index is -4.40. The molecule has 8 heteroatoms. The van der Waals surface area contributed by atoms with Gasteiger partial charge in [-0.1, -0.05) is 30.3 Å². The molecule has 0 saturated carbocycles. The van der Waals surface area contributed by atoms with Crippen molar-refractivity contribution in [3.8, 4) is 0 Å². The standard InChI is InChI=1S/C17H14F3NO3S/c1-24-16(23)14(11-5-3-2-4-6-11)21-15(22)12-7-9-13(10-8-12)25-17(18,19)20/h2-10,14H,1H3,(H,21,22). The van der Waals surface area contributed by atoms with Gasteiger partial charge in [-0.3, -0.25) is 4.79 Å². The Kier molecular flexibility index (Phi) is 6.08. The average Bonchev–Trinajstić information content (AvgIpc) is 2.59. The zero-order valence-electron chi connectivity index (χ0n) is 13.0. The van der Waals surface area contributed by atoms with Crippen molar-refractivity contribution in [1.29, 1.82) is 0 Å². The largest absolute Gasteiger partial charge is 0.467 e. The zero-order valence-corrected chi connectivity index (χ0v) is 13.9. The van der Waals surface area contributed by atoms with Crippen LogP contribution in [0.2, 0.25) is 0 Å². The Bertz CT molecular complexity index is 733. The molecule has 2 rings (SSSR count). The van der Waals surface area contributed by atoms with E-state index in [4.69, 9.17) is 4.74 Å². The molecule has 0 saturated heterocycles. The summed E-state index contributed by atoms with van der Waals surface area (Å²) in [5, 5.41) is 2.53. The van der Waals surface area contributed by atoms with E-state index in [-0.39, 0.29) is 22.2 Å². The van der Waals surface area contributed by atoms with E-state index >= 15 is 0 Å². The molecule has 1 atom stereocenters. The number of thioether (sulfide) groups is 1. The lowest BCUT2D eigenvalue weighted by Crippen LogP contribution is -2.34. The lowest BCUT2D eigenvalue weighted by Gasteiger charge is -2.17. The van der Waals surface area contributed by atoms with Gasteiger partial charge in [-0.25, -0.2) is 4.79 Å². The molecule has 25 heavy (non-hydrogen) atoms. The summed E-state index contributed by atoms with van der Waals surface area (Å²) in [6, 6.07) is 12.4. The van der Waals surface area contributed by atoms with Gasteiger partial charge in [0.25, 0.3) is 5.91 Å². The number of alkyl halides is 3. The van der Waals surface area contributed by atoms with Crippen LogP contribution in [0.25, 0.3) is 0 Å². The van der Waals surface area contributed by atoms with Crippen LogP contribution in [0.5, 0.6) is 0 Å². The van der Waals surface area contributed by atoms with E-state index in [2.05, 4.69) is 5.32 Å². The van der Waals surface area contributed by atoms with Gasteiger partial charge in [-0.05, 0) is 41.6 Å². The van der Waals surface area contributed by atoms with Crippen molar-refractivity contribution in [2.45, 2.75) is 16.4 Å². The first-order valence-electron chi connectivity index (χ1n) is 7.09. The van der Waals surface area contributed by atoms with Crippen molar-refractivity contribution >= 4 is 23.6 Å². The first kappa shape index (κ1) is 18.9. The molecular formula is C17H14F3NO3S. The molecule has 0 aliphatic heterocycles. The molecule has 132 valence electrons. The molecule has 1 N–H and O–H groups in total. The Morgan fingerprint density at radius 2 is 1.64 bits per heavy atom. The molecule has 1 amide bonds. The van der Waals surface area contributed by atoms with E-state index in [0.29, 0.717) is 5.56 Å². The van der Waals surface area contributed by atoms with Gasteiger partial charge in [0.05, 0.1) is 7.11 Å². The second-order valence-corrected chi connectivity index (χ2v) is 6.05. The van der Waals surface area contributed by atoms with Crippen LogP contribution in [0.1, 0.15) is 22.0 Å². The number of amides is 1. The van der Waals surface area contributed by atoms with Crippen LogP contribution in [0.4, 0.5) is 13.2 Å². The fourth-order valence-electron chi connectivity index (χ4n) is 2.06. The maximum atomic E-state index is 12.3. The van der Waals surface area contributed by atoms with Gasteiger partial charge in [-0.15, -0.1) is 0 Å². The summed E-state index contributed by atoms with van der Waals surface area (Å²) in [4.78, 5) is 24.2. The first-order valence-corrected chi connectivity index (χ1v) is 7.91. The third kappa shape index (κ3) is 5.53. The topological polar surface area (TPSA) is 55.4 Å². The maximum absolute atomic E-state index is 12.3. The minimum absolute atomic E-state index is 0.0309. The molecule has 0 spiro atoms. The van der Waals surface area contributed by atoms with E-state index in [9.17, 15) is 22.8 Å². The van der Waals surface area contributed by atoms with Gasteiger partial charge in [-0.2, -0.15) is 13.2 Å². The predicted molar refractivity (Wildman–Crippen MR) is 87.0 cm³/mol. The van der Waals surface area contributed by atoms with Gasteiger partial charge in [0.15, 0.2) is 6.04 Å². The van der Waals surface area contributed by atoms with Gasteiger partial charge in [0, 0.05) is 10.5 Å². The number of rotatable bonds is 5. The third-order valence-electron chi connectivity index (χ3n) is 3.20. The minimum Gasteiger partial charge on any atom is -0.467 e. The first-order chi connectivity index (χ1) is 11.8. The van der Waals surface area contributed by atoms with Crippen LogP contribution in [0, 0.1) is 0 Å². The Morgan fingerprint density at radius 1 is 1.04 bits per heavy atom. The third-order valence-corrected chi connectivity index (χ3v) is 3.93. The molecule has 0 radical (unpaired) electrons. The summed E-state index contributed by atoms with van der Waals surface area (Å²) in [5.41, 5.74) is -3.73. The Labute approximate surface area is 146 Å². The van der Waals surface area contributed by atoms with E-state index in [1.165, 1.54) is 31.4 Å². The van der Waals surface area contributed by atoms with Gasteiger partial charge >= 0.3 is 11.5 Å². The molecule has 0 aliphatic rings. The fraction of sp³-hybridized carbons (Fsp3) is 0.176. The Morgan fingerprint density at radius 3 is 2.16 bits per heavy atom. The quantitative estimate of drug-likeness (QED) is 0.641. The summed E-state index contributed by atoms with van der Waals surface area (Å²) in [5.74, 6) is -1.24. The fourth-order valence-corrected chi connectivity index (χ4v) is 2.60. The Balaban J connectivity index is 2.14. The van der Waals surface area contributed by atoms with Crippen molar-refractivity contribution in [1.82, 2.24) is 5.32 Å². The van der Waals surface area contributed by atoms with E-state index in [1.54, 1.807) is 30.3 Å². The number of methoxy groups -OCH3 is 1.